The Bertz CT molecular complexity index is 1140. The van der Waals surface area contributed by atoms with Crippen LogP contribution in [0.3, 0.4) is 0 Å². The fourth-order valence-electron chi connectivity index (χ4n) is 13.3. The van der Waals surface area contributed by atoms with Crippen molar-refractivity contribution < 1.29 is 29.2 Å². The highest BCUT2D eigenvalue weighted by Gasteiger charge is 2.84. The maximum atomic E-state index is 12.8. The number of nitrogens with one attached hydrogen (secondary N) is 2. The Labute approximate surface area is 258 Å². The fourth-order valence-corrected chi connectivity index (χ4v) is 13.3. The standard InChI is InChI=1S/C35H58N2O6/c1-19-15-21(28(41-8)31(4,5)40)42-26-25(19)32(6)13-14-35-18-34(35)12-11-24(43-29(39)37-20-16-36-17-20)30(2,3)22(34)9-10-23(35)33(32,7)27(26)38/h19-28,36,38,40H,9-18H2,1-8H3,(H,37,39)/t19-,21?,22+,23?,24?,25+,26?,27+,28?,32?,33-,34?,35?/m1/s1. The molecule has 7 aliphatic rings. The highest BCUT2D eigenvalue weighted by molar-refractivity contribution is 5.68. The van der Waals surface area contributed by atoms with Gasteiger partial charge in [-0.1, -0.05) is 34.6 Å². The van der Waals surface area contributed by atoms with Crippen LogP contribution in [0.5, 0.6) is 0 Å². The quantitative estimate of drug-likeness (QED) is 0.363. The first-order valence-electron chi connectivity index (χ1n) is 17.3. The van der Waals surface area contributed by atoms with E-state index in [4.69, 9.17) is 14.2 Å². The van der Waals surface area contributed by atoms with E-state index < -0.39 is 17.8 Å². The molecule has 244 valence electrons. The van der Waals surface area contributed by atoms with Gasteiger partial charge in [0.25, 0.3) is 0 Å². The second-order valence-electron chi connectivity index (χ2n) is 17.8. The van der Waals surface area contributed by atoms with Gasteiger partial charge in [0.1, 0.15) is 12.2 Å². The van der Waals surface area contributed by atoms with Crippen LogP contribution in [0, 0.1) is 50.7 Å². The molecule has 2 saturated heterocycles. The number of hydrogen-bond donors (Lipinski definition) is 4. The van der Waals surface area contributed by atoms with Crippen molar-refractivity contribution in [2.75, 3.05) is 20.2 Å². The molecule has 0 aromatic rings. The van der Waals surface area contributed by atoms with Crippen molar-refractivity contribution in [3.8, 4) is 0 Å². The highest BCUT2D eigenvalue weighted by atomic mass is 16.6. The van der Waals surface area contributed by atoms with Gasteiger partial charge in [-0.05, 0) is 105 Å². The Hall–Kier alpha value is -0.930. The second kappa shape index (κ2) is 9.56. The van der Waals surface area contributed by atoms with Crippen molar-refractivity contribution in [3.05, 3.63) is 0 Å². The summed E-state index contributed by atoms with van der Waals surface area (Å²) in [5.74, 6) is 1.64. The number of carbonyl (C=O) groups is 1. The summed E-state index contributed by atoms with van der Waals surface area (Å²) in [7, 11) is 1.66. The molecule has 13 atom stereocenters. The Kier molecular flexibility index (Phi) is 6.82. The van der Waals surface area contributed by atoms with E-state index in [1.165, 1.54) is 12.8 Å². The van der Waals surface area contributed by atoms with E-state index >= 15 is 0 Å². The molecule has 4 N–H and O–H groups in total. The summed E-state index contributed by atoms with van der Waals surface area (Å²) in [6.45, 7) is 17.2. The van der Waals surface area contributed by atoms with Crippen LogP contribution in [0.25, 0.3) is 0 Å². The number of hydrogen-bond acceptors (Lipinski definition) is 7. The molecule has 1 amide bonds. The van der Waals surface area contributed by atoms with Gasteiger partial charge in [0.05, 0.1) is 30.0 Å². The lowest BCUT2D eigenvalue weighted by atomic mass is 9.41. The van der Waals surface area contributed by atoms with Gasteiger partial charge in [-0.2, -0.15) is 0 Å². The number of aliphatic hydroxyl groups is 2. The van der Waals surface area contributed by atoms with Crippen LogP contribution in [0.15, 0.2) is 0 Å². The van der Waals surface area contributed by atoms with Gasteiger partial charge in [0.2, 0.25) is 0 Å². The Morgan fingerprint density at radius 3 is 2.35 bits per heavy atom. The number of methoxy groups -OCH3 is 1. The molecule has 2 spiro atoms. The topological polar surface area (TPSA) is 109 Å². The van der Waals surface area contributed by atoms with E-state index in [1.54, 1.807) is 21.0 Å². The average molecular weight is 603 g/mol. The maximum Gasteiger partial charge on any atom is 0.407 e. The van der Waals surface area contributed by atoms with Gasteiger partial charge in [-0.25, -0.2) is 4.79 Å². The summed E-state index contributed by atoms with van der Waals surface area (Å²) < 4.78 is 18.8. The molecule has 2 aliphatic heterocycles. The number of rotatable bonds is 5. The Morgan fingerprint density at radius 1 is 1.05 bits per heavy atom. The third-order valence-corrected chi connectivity index (χ3v) is 15.4. The first-order valence-corrected chi connectivity index (χ1v) is 17.3. The molecule has 8 nitrogen and oxygen atoms in total. The lowest BCUT2D eigenvalue weighted by Crippen LogP contribution is -2.60. The molecule has 0 aromatic carbocycles. The predicted molar refractivity (Wildman–Crippen MR) is 163 cm³/mol. The molecule has 0 bridgehead atoms. The van der Waals surface area contributed by atoms with E-state index in [1.807, 2.05) is 0 Å². The van der Waals surface area contributed by atoms with Crippen LogP contribution in [0.2, 0.25) is 0 Å². The summed E-state index contributed by atoms with van der Waals surface area (Å²) in [5.41, 5.74) is -0.806. The molecule has 2 heterocycles. The number of aliphatic hydroxyl groups excluding tert-OH is 1. The van der Waals surface area contributed by atoms with Crippen molar-refractivity contribution in [3.63, 3.8) is 0 Å². The maximum absolute atomic E-state index is 12.8. The zero-order valence-electron chi connectivity index (χ0n) is 27.9. The summed E-state index contributed by atoms with van der Waals surface area (Å²) in [4.78, 5) is 12.8. The normalized spacial score (nSPS) is 52.3. The molecular weight excluding hydrogens is 544 g/mol. The Morgan fingerprint density at radius 2 is 1.72 bits per heavy atom. The molecule has 0 radical (unpaired) electrons. The molecule has 8 heteroatoms. The highest BCUT2D eigenvalue weighted by Crippen LogP contribution is 2.89. The first kappa shape index (κ1) is 30.7. The van der Waals surface area contributed by atoms with Gasteiger partial charge in [0.15, 0.2) is 0 Å². The lowest BCUT2D eigenvalue weighted by Gasteiger charge is -2.63. The molecule has 5 saturated carbocycles. The number of carbonyl (C=O) groups excluding carboxylic acids is 1. The minimum atomic E-state index is -1.02. The molecule has 5 aliphatic carbocycles. The van der Waals surface area contributed by atoms with Crippen molar-refractivity contribution in [2.45, 2.75) is 142 Å². The van der Waals surface area contributed by atoms with Crippen molar-refractivity contribution in [2.24, 2.45) is 50.7 Å². The van der Waals surface area contributed by atoms with Crippen LogP contribution >= 0.6 is 0 Å². The van der Waals surface area contributed by atoms with Crippen LogP contribution in [0.4, 0.5) is 4.79 Å². The van der Waals surface area contributed by atoms with Crippen LogP contribution in [-0.2, 0) is 14.2 Å². The zero-order chi connectivity index (χ0) is 31.0. The van der Waals surface area contributed by atoms with Crippen molar-refractivity contribution in [1.29, 1.82) is 0 Å². The van der Waals surface area contributed by atoms with Crippen LogP contribution < -0.4 is 10.6 Å². The van der Waals surface area contributed by atoms with Crippen molar-refractivity contribution in [1.82, 2.24) is 10.6 Å². The van der Waals surface area contributed by atoms with E-state index in [2.05, 4.69) is 45.3 Å². The SMILES string of the molecule is COC(C1C[C@@H](C)[C@H]2C(O1)[C@H](O)[C@@]1(C)C3CC[C@H]4C(C)(C)C(OC(=O)NC5CNC5)CCC45CC35CCC21C)C(C)(C)O. The molecule has 8 unspecified atom stereocenters. The van der Waals surface area contributed by atoms with Gasteiger partial charge in [-0.15, -0.1) is 0 Å². The summed E-state index contributed by atoms with van der Waals surface area (Å²) in [6, 6.07) is 0.184. The summed E-state index contributed by atoms with van der Waals surface area (Å²) in [6.07, 6.45) is 6.95. The smallest absolute Gasteiger partial charge is 0.407 e. The number of ether oxygens (including phenoxy) is 3. The molecule has 7 fully saturated rings. The van der Waals surface area contributed by atoms with Crippen molar-refractivity contribution >= 4 is 6.09 Å². The number of fused-ring (bicyclic) bond motifs is 4. The van der Waals surface area contributed by atoms with Gasteiger partial charge >= 0.3 is 6.09 Å². The summed E-state index contributed by atoms with van der Waals surface area (Å²) in [5, 5.41) is 29.6. The minimum absolute atomic E-state index is 0.00436. The van der Waals surface area contributed by atoms with Crippen LogP contribution in [0.1, 0.15) is 99.8 Å². The zero-order valence-corrected chi connectivity index (χ0v) is 27.9. The van der Waals surface area contributed by atoms with Gasteiger partial charge < -0.3 is 35.1 Å². The Balaban J connectivity index is 1.14. The largest absolute Gasteiger partial charge is 0.446 e. The van der Waals surface area contributed by atoms with Gasteiger partial charge in [0, 0.05) is 31.0 Å². The van der Waals surface area contributed by atoms with Gasteiger partial charge in [-0.3, -0.25) is 0 Å². The monoisotopic (exact) mass is 602 g/mol. The van der Waals surface area contributed by atoms with E-state index in [-0.39, 0.29) is 63.4 Å². The van der Waals surface area contributed by atoms with E-state index in [0.717, 1.165) is 51.6 Å². The average Bonchev–Trinajstić information content (AvgIpc) is 3.52. The second-order valence-corrected chi connectivity index (χ2v) is 17.8. The molecule has 0 aromatic heterocycles. The molecule has 7 rings (SSSR count). The number of alkyl carbamates (subject to hydrolysis) is 1. The third kappa shape index (κ3) is 3.88. The number of amides is 1. The summed E-state index contributed by atoms with van der Waals surface area (Å²) >= 11 is 0. The predicted octanol–water partition coefficient (Wildman–Crippen LogP) is 4.65. The molecular formula is C35H58N2O6. The third-order valence-electron chi connectivity index (χ3n) is 15.4. The van der Waals surface area contributed by atoms with E-state index in [0.29, 0.717) is 17.8 Å². The minimum Gasteiger partial charge on any atom is -0.446 e. The first-order chi connectivity index (χ1) is 20.1. The fraction of sp³-hybridized carbons (Fsp3) is 0.971. The molecule has 43 heavy (non-hydrogen) atoms. The van der Waals surface area contributed by atoms with E-state index in [9.17, 15) is 15.0 Å². The lowest BCUT2D eigenvalue weighted by molar-refractivity contribution is -0.209. The van der Waals surface area contributed by atoms with Crippen LogP contribution in [-0.4, -0.2) is 78.7 Å².